The average Bonchev–Trinajstić information content (AvgIpc) is 3.34. The third-order valence-electron chi connectivity index (χ3n) is 5.04. The van der Waals surface area contributed by atoms with E-state index in [4.69, 9.17) is 4.74 Å². The van der Waals surface area contributed by atoms with Crippen molar-refractivity contribution >= 4 is 35.0 Å². The lowest BCUT2D eigenvalue weighted by molar-refractivity contribution is -0.117. The third-order valence-corrected chi connectivity index (χ3v) is 5.04. The minimum atomic E-state index is -0.404. The van der Waals surface area contributed by atoms with Gasteiger partial charge in [-0.3, -0.25) is 28.8 Å². The molecule has 10 nitrogen and oxygen atoms in total. The van der Waals surface area contributed by atoms with Gasteiger partial charge < -0.3 is 15.4 Å². The number of nitrogens with zero attached hydrogens (tertiary/aromatic N) is 3. The van der Waals surface area contributed by atoms with E-state index in [9.17, 15) is 19.2 Å². The molecule has 2 aromatic carbocycles. The van der Waals surface area contributed by atoms with Gasteiger partial charge in [0.1, 0.15) is 12.3 Å². The summed E-state index contributed by atoms with van der Waals surface area (Å²) in [6.07, 6.45) is 2.88. The fourth-order valence-corrected chi connectivity index (χ4v) is 3.42. The first-order chi connectivity index (χ1) is 15.9. The highest BCUT2D eigenvalue weighted by Crippen LogP contribution is 2.22. The SMILES string of the molecule is COc1ccc(NC(=O)Cn2cc(NC(=O)CCN3C(=O)c4ccccc4C3=O)cn2)cc1. The topological polar surface area (TPSA) is 123 Å². The number of nitrogens with one attached hydrogen (secondary N) is 2. The van der Waals surface area contributed by atoms with Gasteiger partial charge in [-0.25, -0.2) is 0 Å². The van der Waals surface area contributed by atoms with Crippen LogP contribution >= 0.6 is 0 Å². The van der Waals surface area contributed by atoms with Gasteiger partial charge in [0.2, 0.25) is 11.8 Å². The maximum absolute atomic E-state index is 12.4. The van der Waals surface area contributed by atoms with Crippen LogP contribution in [-0.2, 0) is 16.1 Å². The number of anilines is 2. The predicted octanol–water partition coefficient (Wildman–Crippen LogP) is 2.16. The summed E-state index contributed by atoms with van der Waals surface area (Å²) in [5.74, 6) is -0.790. The minimum Gasteiger partial charge on any atom is -0.497 e. The lowest BCUT2D eigenvalue weighted by Gasteiger charge is -2.13. The average molecular weight is 447 g/mol. The van der Waals surface area contributed by atoms with E-state index in [0.717, 1.165) is 4.90 Å². The number of imide groups is 1. The molecule has 3 aromatic rings. The molecule has 0 radical (unpaired) electrons. The zero-order chi connectivity index (χ0) is 23.4. The summed E-state index contributed by atoms with van der Waals surface area (Å²) in [5, 5.41) is 9.47. The summed E-state index contributed by atoms with van der Waals surface area (Å²) in [5.41, 5.74) is 1.71. The Morgan fingerprint density at radius 1 is 0.909 bits per heavy atom. The molecule has 168 valence electrons. The van der Waals surface area contributed by atoms with Crippen LogP contribution in [0.4, 0.5) is 11.4 Å². The monoisotopic (exact) mass is 447 g/mol. The Balaban J connectivity index is 1.26. The van der Waals surface area contributed by atoms with Crippen molar-refractivity contribution in [3.8, 4) is 5.75 Å². The fraction of sp³-hybridized carbons (Fsp3) is 0.174. The van der Waals surface area contributed by atoms with E-state index in [-0.39, 0.29) is 31.3 Å². The van der Waals surface area contributed by atoms with Crippen LogP contribution in [0, 0.1) is 0 Å². The smallest absolute Gasteiger partial charge is 0.261 e. The Morgan fingerprint density at radius 3 is 2.18 bits per heavy atom. The van der Waals surface area contributed by atoms with Gasteiger partial charge in [0.05, 0.1) is 30.1 Å². The van der Waals surface area contributed by atoms with E-state index in [1.54, 1.807) is 55.6 Å². The van der Waals surface area contributed by atoms with Crippen LogP contribution in [0.15, 0.2) is 60.9 Å². The van der Waals surface area contributed by atoms with Crippen molar-refractivity contribution in [2.45, 2.75) is 13.0 Å². The fourth-order valence-electron chi connectivity index (χ4n) is 3.42. The molecular weight excluding hydrogens is 426 g/mol. The molecule has 33 heavy (non-hydrogen) atoms. The molecule has 0 aliphatic carbocycles. The molecule has 0 saturated heterocycles. The lowest BCUT2D eigenvalue weighted by atomic mass is 10.1. The van der Waals surface area contributed by atoms with Crippen molar-refractivity contribution in [1.82, 2.24) is 14.7 Å². The van der Waals surface area contributed by atoms with Crippen molar-refractivity contribution in [2.75, 3.05) is 24.3 Å². The second-order valence-electron chi connectivity index (χ2n) is 7.31. The number of hydrogen-bond acceptors (Lipinski definition) is 6. The highest BCUT2D eigenvalue weighted by atomic mass is 16.5. The molecule has 0 unspecified atom stereocenters. The van der Waals surface area contributed by atoms with E-state index in [0.29, 0.717) is 28.3 Å². The Morgan fingerprint density at radius 2 is 1.55 bits per heavy atom. The molecule has 0 fully saturated rings. The Bertz CT molecular complexity index is 1180. The second kappa shape index (κ2) is 9.35. The van der Waals surface area contributed by atoms with E-state index in [1.807, 2.05) is 0 Å². The quantitative estimate of drug-likeness (QED) is 0.510. The summed E-state index contributed by atoms with van der Waals surface area (Å²) in [6, 6.07) is 13.5. The number of benzene rings is 2. The van der Waals surface area contributed by atoms with Gasteiger partial charge in [0, 0.05) is 24.8 Å². The van der Waals surface area contributed by atoms with Crippen LogP contribution in [0.3, 0.4) is 0 Å². The number of rotatable bonds is 8. The summed E-state index contributed by atoms with van der Waals surface area (Å²) in [4.78, 5) is 50.3. The van der Waals surface area contributed by atoms with Gasteiger partial charge in [0.25, 0.3) is 11.8 Å². The Hall–Kier alpha value is -4.47. The molecule has 1 aromatic heterocycles. The lowest BCUT2D eigenvalue weighted by Crippen LogP contribution is -2.32. The van der Waals surface area contributed by atoms with E-state index in [1.165, 1.54) is 17.1 Å². The molecule has 1 aliphatic rings. The van der Waals surface area contributed by atoms with E-state index in [2.05, 4.69) is 15.7 Å². The number of carbonyl (C=O) groups excluding carboxylic acids is 4. The van der Waals surface area contributed by atoms with Crippen molar-refractivity contribution in [3.63, 3.8) is 0 Å². The van der Waals surface area contributed by atoms with Gasteiger partial charge >= 0.3 is 0 Å². The van der Waals surface area contributed by atoms with Crippen LogP contribution in [-0.4, -0.2) is 52.0 Å². The third kappa shape index (κ3) is 4.90. The molecule has 0 saturated carbocycles. The van der Waals surface area contributed by atoms with Crippen molar-refractivity contribution < 1.29 is 23.9 Å². The Kier molecular flexibility index (Phi) is 6.16. The standard InChI is InChI=1S/C23H21N5O5/c1-33-17-8-6-15(7-9-17)25-21(30)14-27-13-16(12-24-27)26-20(29)10-11-28-22(31)18-4-2-3-5-19(18)23(28)32/h2-9,12-13H,10-11,14H2,1H3,(H,25,30)(H,26,29). The summed E-state index contributed by atoms with van der Waals surface area (Å²) in [7, 11) is 1.56. The van der Waals surface area contributed by atoms with E-state index >= 15 is 0 Å². The maximum atomic E-state index is 12.4. The molecule has 4 amide bonds. The minimum absolute atomic E-state index is 0.0312. The highest BCUT2D eigenvalue weighted by molar-refractivity contribution is 6.21. The van der Waals surface area contributed by atoms with Crippen LogP contribution in [0.1, 0.15) is 27.1 Å². The number of methoxy groups -OCH3 is 1. The molecule has 1 aliphatic heterocycles. The van der Waals surface area contributed by atoms with Crippen molar-refractivity contribution in [1.29, 1.82) is 0 Å². The first-order valence-electron chi connectivity index (χ1n) is 10.2. The number of ether oxygens (including phenoxy) is 1. The molecule has 4 rings (SSSR count). The summed E-state index contributed by atoms with van der Waals surface area (Å²) < 4.78 is 6.47. The van der Waals surface area contributed by atoms with Gasteiger partial charge in [0.15, 0.2) is 0 Å². The second-order valence-corrected chi connectivity index (χ2v) is 7.31. The number of amides is 4. The zero-order valence-corrected chi connectivity index (χ0v) is 17.8. The predicted molar refractivity (Wildman–Crippen MR) is 119 cm³/mol. The zero-order valence-electron chi connectivity index (χ0n) is 17.8. The van der Waals surface area contributed by atoms with Gasteiger partial charge in [-0.1, -0.05) is 12.1 Å². The van der Waals surface area contributed by atoms with Crippen LogP contribution in [0.2, 0.25) is 0 Å². The molecule has 2 N–H and O–H groups in total. The van der Waals surface area contributed by atoms with Crippen LogP contribution < -0.4 is 15.4 Å². The molecule has 0 bridgehead atoms. The number of fused-ring (bicyclic) bond motifs is 1. The van der Waals surface area contributed by atoms with Gasteiger partial charge in [-0.2, -0.15) is 5.10 Å². The summed E-state index contributed by atoms with van der Waals surface area (Å²) in [6.45, 7) is -0.0759. The number of carbonyl (C=O) groups is 4. The number of hydrogen-bond donors (Lipinski definition) is 2. The first kappa shape index (κ1) is 21.8. The van der Waals surface area contributed by atoms with Crippen LogP contribution in [0.5, 0.6) is 5.75 Å². The van der Waals surface area contributed by atoms with Crippen LogP contribution in [0.25, 0.3) is 0 Å². The number of aromatic nitrogens is 2. The van der Waals surface area contributed by atoms with Gasteiger partial charge in [-0.15, -0.1) is 0 Å². The Labute approximate surface area is 189 Å². The molecule has 10 heteroatoms. The van der Waals surface area contributed by atoms with Gasteiger partial charge in [-0.05, 0) is 36.4 Å². The maximum Gasteiger partial charge on any atom is 0.261 e. The van der Waals surface area contributed by atoms with Crippen molar-refractivity contribution in [2.24, 2.45) is 0 Å². The van der Waals surface area contributed by atoms with E-state index < -0.39 is 11.8 Å². The van der Waals surface area contributed by atoms with Crippen molar-refractivity contribution in [3.05, 3.63) is 72.1 Å². The molecule has 0 spiro atoms. The first-order valence-corrected chi connectivity index (χ1v) is 10.2. The molecular formula is C23H21N5O5. The summed E-state index contributed by atoms with van der Waals surface area (Å²) >= 11 is 0. The largest absolute Gasteiger partial charge is 0.497 e. The normalized spacial score (nSPS) is 12.5. The molecule has 0 atom stereocenters. The highest BCUT2D eigenvalue weighted by Gasteiger charge is 2.34. The molecule has 2 heterocycles.